The molecule has 0 spiro atoms. The Balaban J connectivity index is 1.73. The van der Waals surface area contributed by atoms with Crippen LogP contribution in [0.2, 0.25) is 0 Å². The Bertz CT molecular complexity index is 845. The van der Waals surface area contributed by atoms with Crippen LogP contribution in [0.1, 0.15) is 37.9 Å². The first-order chi connectivity index (χ1) is 11.0. The third-order valence-electron chi connectivity index (χ3n) is 4.73. The van der Waals surface area contributed by atoms with Gasteiger partial charge in [0.15, 0.2) is 12.4 Å². The predicted molar refractivity (Wildman–Crippen MR) is 96.7 cm³/mol. The molecule has 2 aromatic rings. The minimum atomic E-state index is 0.180. The van der Waals surface area contributed by atoms with Gasteiger partial charge in [-0.05, 0) is 40.8 Å². The Morgan fingerprint density at radius 2 is 1.70 bits per heavy atom. The van der Waals surface area contributed by atoms with E-state index < -0.39 is 0 Å². The first kappa shape index (κ1) is 14.2. The van der Waals surface area contributed by atoms with Gasteiger partial charge in [0.1, 0.15) is 0 Å². The highest BCUT2D eigenvalue weighted by atomic mass is 15.0. The van der Waals surface area contributed by atoms with Gasteiger partial charge < -0.3 is 0 Å². The molecule has 2 heterocycles. The molecular weight excluding hydrogens is 278 g/mol. The monoisotopic (exact) mass is 300 g/mol. The molecule has 0 bridgehead atoms. The van der Waals surface area contributed by atoms with Crippen LogP contribution < -0.4 is 0 Å². The Hall–Kier alpha value is -2.41. The van der Waals surface area contributed by atoms with E-state index in [1.54, 1.807) is 0 Å². The molecule has 0 saturated heterocycles. The van der Waals surface area contributed by atoms with E-state index in [9.17, 15) is 0 Å². The molecular formula is C22H22N+. The Kier molecular flexibility index (Phi) is 3.12. The third kappa shape index (κ3) is 2.46. The lowest BCUT2D eigenvalue weighted by Crippen LogP contribution is -2.17. The van der Waals surface area contributed by atoms with Crippen molar-refractivity contribution >= 4 is 6.21 Å². The van der Waals surface area contributed by atoms with Crippen molar-refractivity contribution < 1.29 is 4.58 Å². The van der Waals surface area contributed by atoms with Crippen molar-refractivity contribution in [1.82, 2.24) is 0 Å². The van der Waals surface area contributed by atoms with Crippen LogP contribution in [0.25, 0.3) is 11.1 Å². The van der Waals surface area contributed by atoms with E-state index in [0.717, 1.165) is 0 Å². The van der Waals surface area contributed by atoms with E-state index in [2.05, 4.69) is 98.4 Å². The lowest BCUT2D eigenvalue weighted by atomic mass is 9.85. The normalized spacial score (nSPS) is 19.0. The van der Waals surface area contributed by atoms with E-state index in [-0.39, 0.29) is 5.41 Å². The summed E-state index contributed by atoms with van der Waals surface area (Å²) >= 11 is 0. The minimum absolute atomic E-state index is 0.180. The molecule has 23 heavy (non-hydrogen) atoms. The molecule has 1 nitrogen and oxygen atoms in total. The van der Waals surface area contributed by atoms with E-state index in [1.807, 2.05) is 0 Å². The molecule has 0 radical (unpaired) electrons. The van der Waals surface area contributed by atoms with Gasteiger partial charge in [0.05, 0.1) is 0 Å². The molecule has 2 aliphatic rings. The Labute approximate surface area is 138 Å². The number of allylic oxidation sites excluding steroid dienone is 2. The van der Waals surface area contributed by atoms with Gasteiger partial charge in [-0.15, -0.1) is 0 Å². The largest absolute Gasteiger partial charge is 0.203 e. The van der Waals surface area contributed by atoms with Crippen LogP contribution in [0.3, 0.4) is 0 Å². The van der Waals surface area contributed by atoms with Crippen molar-refractivity contribution in [1.29, 1.82) is 0 Å². The number of hydrogen-bond acceptors (Lipinski definition) is 0. The maximum atomic E-state index is 2.35. The summed E-state index contributed by atoms with van der Waals surface area (Å²) in [5.41, 5.74) is 6.84. The van der Waals surface area contributed by atoms with Crippen LogP contribution in [0.4, 0.5) is 0 Å². The fourth-order valence-electron chi connectivity index (χ4n) is 3.32. The van der Waals surface area contributed by atoms with Crippen LogP contribution in [0.15, 0.2) is 72.5 Å². The van der Waals surface area contributed by atoms with E-state index >= 15 is 0 Å². The molecule has 2 aliphatic heterocycles. The highest BCUT2D eigenvalue weighted by Crippen LogP contribution is 2.37. The number of rotatable bonds is 1. The third-order valence-corrected chi connectivity index (χ3v) is 4.73. The fraction of sp³-hybridized carbons (Fsp3) is 0.227. The Morgan fingerprint density at radius 1 is 0.913 bits per heavy atom. The summed E-state index contributed by atoms with van der Waals surface area (Å²) in [5.74, 6) is 0. The number of benzene rings is 2. The van der Waals surface area contributed by atoms with Crippen molar-refractivity contribution in [3.05, 3.63) is 83.6 Å². The molecule has 114 valence electrons. The standard InChI is InChI=1S/C22H22N/c1-22(2,3)19-11-12-21-20-13-17(16-7-5-4-6-8-16)9-10-18(20)14-23(21)15-19/h4-15,21H,1-3H3/q+1. The second-order valence-electron chi connectivity index (χ2n) is 7.42. The molecule has 0 amide bonds. The molecule has 0 saturated carbocycles. The van der Waals surface area contributed by atoms with Crippen LogP contribution in [0, 0.1) is 5.41 Å². The summed E-state index contributed by atoms with van der Waals surface area (Å²) in [4.78, 5) is 0. The van der Waals surface area contributed by atoms with Gasteiger partial charge in [-0.1, -0.05) is 57.2 Å². The SMILES string of the molecule is CC(C)(C)C1=C[N+]2=Cc3ccc(-c4ccccc4)cc3C2C=C1. The highest BCUT2D eigenvalue weighted by Gasteiger charge is 2.33. The molecule has 1 unspecified atom stereocenters. The maximum absolute atomic E-state index is 2.35. The summed E-state index contributed by atoms with van der Waals surface area (Å²) in [5, 5.41) is 0. The maximum Gasteiger partial charge on any atom is 0.203 e. The van der Waals surface area contributed by atoms with Crippen molar-refractivity contribution in [2.75, 3.05) is 0 Å². The van der Waals surface area contributed by atoms with E-state index in [0.29, 0.717) is 6.04 Å². The molecule has 0 aromatic heterocycles. The number of fused-ring (bicyclic) bond motifs is 3. The fourth-order valence-corrected chi connectivity index (χ4v) is 3.32. The molecule has 2 aromatic carbocycles. The summed E-state index contributed by atoms with van der Waals surface area (Å²) in [7, 11) is 0. The van der Waals surface area contributed by atoms with Crippen LogP contribution in [-0.4, -0.2) is 10.8 Å². The minimum Gasteiger partial charge on any atom is -0.193 e. The van der Waals surface area contributed by atoms with Crippen LogP contribution in [0.5, 0.6) is 0 Å². The van der Waals surface area contributed by atoms with Gasteiger partial charge in [0, 0.05) is 16.7 Å². The van der Waals surface area contributed by atoms with Crippen molar-refractivity contribution in [3.8, 4) is 11.1 Å². The molecule has 1 atom stereocenters. The molecule has 0 fully saturated rings. The van der Waals surface area contributed by atoms with E-state index in [1.165, 1.54) is 27.8 Å². The summed E-state index contributed by atoms with van der Waals surface area (Å²) in [6.45, 7) is 6.79. The van der Waals surface area contributed by atoms with Crippen molar-refractivity contribution in [2.24, 2.45) is 5.41 Å². The molecule has 0 aliphatic carbocycles. The van der Waals surface area contributed by atoms with Crippen molar-refractivity contribution in [3.63, 3.8) is 0 Å². The first-order valence-corrected chi connectivity index (χ1v) is 8.24. The zero-order chi connectivity index (χ0) is 16.0. The van der Waals surface area contributed by atoms with Crippen LogP contribution >= 0.6 is 0 Å². The highest BCUT2D eigenvalue weighted by molar-refractivity contribution is 5.83. The topological polar surface area (TPSA) is 3.01 Å². The van der Waals surface area contributed by atoms with E-state index in [4.69, 9.17) is 0 Å². The first-order valence-electron chi connectivity index (χ1n) is 8.24. The smallest absolute Gasteiger partial charge is 0.193 e. The second kappa shape index (κ2) is 5.06. The summed E-state index contributed by atoms with van der Waals surface area (Å²) in [6.07, 6.45) is 9.19. The summed E-state index contributed by atoms with van der Waals surface area (Å²) < 4.78 is 2.35. The molecule has 4 rings (SSSR count). The summed E-state index contributed by atoms with van der Waals surface area (Å²) in [6, 6.07) is 17.7. The van der Waals surface area contributed by atoms with Crippen molar-refractivity contribution in [2.45, 2.75) is 26.8 Å². The zero-order valence-electron chi connectivity index (χ0n) is 14.0. The lowest BCUT2D eigenvalue weighted by molar-refractivity contribution is -0.485. The predicted octanol–water partition coefficient (Wildman–Crippen LogP) is 5.34. The van der Waals surface area contributed by atoms with Gasteiger partial charge in [0.25, 0.3) is 0 Å². The average molecular weight is 300 g/mol. The zero-order valence-corrected chi connectivity index (χ0v) is 14.0. The van der Waals surface area contributed by atoms with Gasteiger partial charge in [-0.25, -0.2) is 0 Å². The molecule has 0 N–H and O–H groups in total. The number of nitrogens with zero attached hydrogens (tertiary/aromatic N) is 1. The average Bonchev–Trinajstić information content (AvgIpc) is 2.91. The second-order valence-corrected chi connectivity index (χ2v) is 7.42. The van der Waals surface area contributed by atoms with Gasteiger partial charge in [-0.3, -0.25) is 0 Å². The van der Waals surface area contributed by atoms with Gasteiger partial charge >= 0.3 is 0 Å². The lowest BCUT2D eigenvalue weighted by Gasteiger charge is -2.21. The quantitative estimate of drug-likeness (QED) is 0.625. The molecule has 1 heteroatoms. The van der Waals surface area contributed by atoms with Gasteiger partial charge in [0.2, 0.25) is 6.04 Å². The number of hydrogen-bond donors (Lipinski definition) is 0. The van der Waals surface area contributed by atoms with Crippen LogP contribution in [-0.2, 0) is 0 Å². The van der Waals surface area contributed by atoms with Gasteiger partial charge in [-0.2, -0.15) is 4.58 Å². The Morgan fingerprint density at radius 3 is 2.43 bits per heavy atom.